The zero-order valence-corrected chi connectivity index (χ0v) is 11.1. The molecule has 110 valence electrons. The van der Waals surface area contributed by atoms with Gasteiger partial charge in [0.1, 0.15) is 5.82 Å². The van der Waals surface area contributed by atoms with Crippen LogP contribution >= 0.6 is 0 Å². The van der Waals surface area contributed by atoms with Crippen molar-refractivity contribution in [3.63, 3.8) is 0 Å². The third-order valence-electron chi connectivity index (χ3n) is 2.96. The quantitative estimate of drug-likeness (QED) is 0.713. The molecule has 0 radical (unpaired) electrons. The van der Waals surface area contributed by atoms with Crippen LogP contribution in [0.15, 0.2) is 24.3 Å². The lowest BCUT2D eigenvalue weighted by Gasteiger charge is -2.13. The van der Waals surface area contributed by atoms with E-state index in [0.29, 0.717) is 18.2 Å². The highest BCUT2D eigenvalue weighted by atomic mass is 19.1. The number of carbonyl (C=O) groups is 1. The van der Waals surface area contributed by atoms with E-state index in [1.54, 1.807) is 0 Å². The maximum Gasteiger partial charge on any atom is 0.319 e. The second-order valence-electron chi connectivity index (χ2n) is 4.98. The predicted octanol–water partition coefficient (Wildman–Crippen LogP) is 1.73. The smallest absolute Gasteiger partial charge is 0.319 e. The predicted molar refractivity (Wildman–Crippen MR) is 73.0 cm³/mol. The molecule has 2 amide bonds. The number of hydrogen-bond donors (Lipinski definition) is 3. The number of hydrogen-bond acceptors (Lipinski definition) is 3. The minimum atomic E-state index is -0.729. The molecule has 5 nitrogen and oxygen atoms in total. The Balaban J connectivity index is 1.59. The van der Waals surface area contributed by atoms with Gasteiger partial charge in [0.25, 0.3) is 0 Å². The zero-order chi connectivity index (χ0) is 14.4. The van der Waals surface area contributed by atoms with E-state index in [9.17, 15) is 14.3 Å². The number of carbonyl (C=O) groups excluding carboxylic acids is 1. The molecule has 2 rings (SSSR count). The molecule has 1 aromatic rings. The number of aliphatic hydroxyl groups is 1. The topological polar surface area (TPSA) is 70.6 Å². The Labute approximate surface area is 117 Å². The summed E-state index contributed by atoms with van der Waals surface area (Å²) in [5, 5.41) is 14.7. The number of amides is 2. The Bertz CT molecular complexity index is 435. The van der Waals surface area contributed by atoms with Crippen molar-refractivity contribution >= 4 is 11.7 Å². The highest BCUT2D eigenvalue weighted by Gasteiger charge is 2.21. The molecule has 0 bridgehead atoms. The van der Waals surface area contributed by atoms with Gasteiger partial charge in [0.2, 0.25) is 0 Å². The maximum absolute atomic E-state index is 12.7. The summed E-state index contributed by atoms with van der Waals surface area (Å²) in [7, 11) is 0. The number of nitrogens with one attached hydrogen (secondary N) is 2. The number of urea groups is 1. The molecule has 0 heterocycles. The average Bonchev–Trinajstić information content (AvgIpc) is 3.23. The highest BCUT2D eigenvalue weighted by Crippen LogP contribution is 2.28. The van der Waals surface area contributed by atoms with Gasteiger partial charge in [-0.1, -0.05) is 0 Å². The van der Waals surface area contributed by atoms with Crippen molar-refractivity contribution < 1.29 is 19.0 Å². The van der Waals surface area contributed by atoms with Crippen molar-refractivity contribution in [2.24, 2.45) is 5.92 Å². The van der Waals surface area contributed by atoms with Crippen LogP contribution in [0.5, 0.6) is 0 Å². The molecule has 0 saturated heterocycles. The molecule has 1 unspecified atom stereocenters. The largest absolute Gasteiger partial charge is 0.389 e. The molecule has 1 fully saturated rings. The third kappa shape index (κ3) is 5.54. The third-order valence-corrected chi connectivity index (χ3v) is 2.96. The minimum Gasteiger partial charge on any atom is -0.389 e. The molecular formula is C14H19FN2O3. The fourth-order valence-electron chi connectivity index (χ4n) is 1.63. The average molecular weight is 282 g/mol. The summed E-state index contributed by atoms with van der Waals surface area (Å²) in [5.74, 6) is 0.288. The fourth-order valence-corrected chi connectivity index (χ4v) is 1.63. The van der Waals surface area contributed by atoms with E-state index in [-0.39, 0.29) is 19.0 Å². The van der Waals surface area contributed by atoms with Crippen LogP contribution in [0.3, 0.4) is 0 Å². The number of rotatable bonds is 7. The fraction of sp³-hybridized carbons (Fsp3) is 0.500. The van der Waals surface area contributed by atoms with Gasteiger partial charge >= 0.3 is 6.03 Å². The molecular weight excluding hydrogens is 263 g/mol. The van der Waals surface area contributed by atoms with E-state index in [4.69, 9.17) is 4.74 Å². The van der Waals surface area contributed by atoms with Crippen molar-refractivity contribution in [2.45, 2.75) is 18.9 Å². The second kappa shape index (κ2) is 7.21. The van der Waals surface area contributed by atoms with E-state index in [1.807, 2.05) is 0 Å². The van der Waals surface area contributed by atoms with Crippen LogP contribution < -0.4 is 10.6 Å². The minimum absolute atomic E-state index is 0.109. The van der Waals surface area contributed by atoms with E-state index in [2.05, 4.69) is 10.6 Å². The molecule has 1 saturated carbocycles. The number of benzene rings is 1. The van der Waals surface area contributed by atoms with Crippen LogP contribution in [0.25, 0.3) is 0 Å². The van der Waals surface area contributed by atoms with Gasteiger partial charge in [-0.15, -0.1) is 0 Å². The lowest BCUT2D eigenvalue weighted by molar-refractivity contribution is 0.0339. The van der Waals surface area contributed by atoms with Crippen molar-refractivity contribution in [1.29, 1.82) is 0 Å². The SMILES string of the molecule is O=C(NCC(O)COCC1CC1)Nc1ccc(F)cc1. The Morgan fingerprint density at radius 3 is 2.75 bits per heavy atom. The first-order valence-electron chi connectivity index (χ1n) is 6.69. The lowest BCUT2D eigenvalue weighted by atomic mass is 10.3. The molecule has 0 spiro atoms. The normalized spacial score (nSPS) is 15.7. The van der Waals surface area contributed by atoms with Gasteiger partial charge < -0.3 is 20.5 Å². The molecule has 0 aromatic heterocycles. The van der Waals surface area contributed by atoms with Gasteiger partial charge in [0.05, 0.1) is 12.7 Å². The van der Waals surface area contributed by atoms with Gasteiger partial charge in [-0.3, -0.25) is 0 Å². The monoisotopic (exact) mass is 282 g/mol. The van der Waals surface area contributed by atoms with Gasteiger partial charge in [-0.2, -0.15) is 0 Å². The Morgan fingerprint density at radius 1 is 1.40 bits per heavy atom. The summed E-state index contributed by atoms with van der Waals surface area (Å²) in [6, 6.07) is 5.00. The first-order valence-corrected chi connectivity index (χ1v) is 6.69. The molecule has 0 aliphatic heterocycles. The maximum atomic E-state index is 12.7. The lowest BCUT2D eigenvalue weighted by Crippen LogP contribution is -2.37. The van der Waals surface area contributed by atoms with Crippen molar-refractivity contribution in [3.8, 4) is 0 Å². The van der Waals surface area contributed by atoms with Crippen LogP contribution in [-0.2, 0) is 4.74 Å². The molecule has 6 heteroatoms. The Kier molecular flexibility index (Phi) is 5.31. The number of aliphatic hydroxyl groups excluding tert-OH is 1. The summed E-state index contributed by atoms with van der Waals surface area (Å²) < 4.78 is 18.0. The first kappa shape index (κ1) is 14.7. The summed E-state index contributed by atoms with van der Waals surface area (Å²) in [4.78, 5) is 11.5. The van der Waals surface area contributed by atoms with Crippen molar-refractivity contribution in [1.82, 2.24) is 5.32 Å². The molecule has 20 heavy (non-hydrogen) atoms. The van der Waals surface area contributed by atoms with Crippen LogP contribution in [0.1, 0.15) is 12.8 Å². The number of ether oxygens (including phenoxy) is 1. The second-order valence-corrected chi connectivity index (χ2v) is 4.98. The summed E-state index contributed by atoms with van der Waals surface area (Å²) in [6.07, 6.45) is 1.68. The summed E-state index contributed by atoms with van der Waals surface area (Å²) >= 11 is 0. The van der Waals surface area contributed by atoms with Crippen LogP contribution in [0, 0.1) is 11.7 Å². The molecule has 1 aromatic carbocycles. The van der Waals surface area contributed by atoms with Gasteiger partial charge in [0.15, 0.2) is 0 Å². The van der Waals surface area contributed by atoms with E-state index in [0.717, 1.165) is 0 Å². The number of anilines is 1. The van der Waals surface area contributed by atoms with E-state index in [1.165, 1.54) is 37.1 Å². The van der Waals surface area contributed by atoms with Crippen molar-refractivity contribution in [2.75, 3.05) is 25.1 Å². The van der Waals surface area contributed by atoms with Gasteiger partial charge in [0, 0.05) is 18.8 Å². The van der Waals surface area contributed by atoms with Crippen LogP contribution in [0.2, 0.25) is 0 Å². The van der Waals surface area contributed by atoms with E-state index >= 15 is 0 Å². The van der Waals surface area contributed by atoms with E-state index < -0.39 is 12.1 Å². The van der Waals surface area contributed by atoms with Crippen LogP contribution in [0.4, 0.5) is 14.9 Å². The molecule has 1 aliphatic carbocycles. The Morgan fingerprint density at radius 2 is 2.10 bits per heavy atom. The van der Waals surface area contributed by atoms with Gasteiger partial charge in [-0.05, 0) is 43.0 Å². The molecule has 3 N–H and O–H groups in total. The van der Waals surface area contributed by atoms with Gasteiger partial charge in [-0.25, -0.2) is 9.18 Å². The standard InChI is InChI=1S/C14H19FN2O3/c15-11-3-5-12(6-4-11)17-14(19)16-7-13(18)9-20-8-10-1-2-10/h3-6,10,13,18H,1-2,7-9H2,(H2,16,17,19). The Hall–Kier alpha value is -1.66. The first-order chi connectivity index (χ1) is 9.63. The zero-order valence-electron chi connectivity index (χ0n) is 11.1. The molecule has 1 atom stereocenters. The van der Waals surface area contributed by atoms with Crippen molar-refractivity contribution in [3.05, 3.63) is 30.1 Å². The highest BCUT2D eigenvalue weighted by molar-refractivity contribution is 5.89. The number of halogens is 1. The molecule has 1 aliphatic rings. The summed E-state index contributed by atoms with van der Waals surface area (Å²) in [5.41, 5.74) is 0.489. The summed E-state index contributed by atoms with van der Waals surface area (Å²) in [6.45, 7) is 1.00. The van der Waals surface area contributed by atoms with Crippen LogP contribution in [-0.4, -0.2) is 37.0 Å².